The highest BCUT2D eigenvalue weighted by Gasteiger charge is 2.10. The van der Waals surface area contributed by atoms with Crippen LogP contribution in [0.2, 0.25) is 5.02 Å². The SMILES string of the molecule is COc1cccc(/C=N/NC(=O)Cc2csc(N)n2)c1OCc1cccc(Cl)c1. The van der Waals surface area contributed by atoms with Crippen molar-refractivity contribution < 1.29 is 14.3 Å². The van der Waals surface area contributed by atoms with Gasteiger partial charge in [0, 0.05) is 16.0 Å². The average Bonchev–Trinajstić information content (AvgIpc) is 3.11. The van der Waals surface area contributed by atoms with Crippen molar-refractivity contribution in [3.8, 4) is 11.5 Å². The normalized spacial score (nSPS) is 10.8. The Hall–Kier alpha value is -3.10. The number of nitrogen functional groups attached to an aromatic ring is 1. The van der Waals surface area contributed by atoms with E-state index in [4.69, 9.17) is 26.8 Å². The standard InChI is InChI=1S/C20H19ClN4O3S/c1-27-17-7-3-5-14(19(17)28-11-13-4-2-6-15(21)8-13)10-23-25-18(26)9-16-12-29-20(22)24-16/h2-8,10,12H,9,11H2,1H3,(H2,22,24)(H,25,26)/b23-10+. The van der Waals surface area contributed by atoms with Crippen molar-refractivity contribution in [2.45, 2.75) is 13.0 Å². The molecular formula is C20H19ClN4O3S. The number of benzene rings is 2. The summed E-state index contributed by atoms with van der Waals surface area (Å²) < 4.78 is 11.3. The lowest BCUT2D eigenvalue weighted by Gasteiger charge is -2.13. The number of aromatic nitrogens is 1. The van der Waals surface area contributed by atoms with Crippen molar-refractivity contribution in [2.24, 2.45) is 5.10 Å². The number of rotatable bonds is 8. The molecule has 1 aromatic heterocycles. The maximum Gasteiger partial charge on any atom is 0.246 e. The summed E-state index contributed by atoms with van der Waals surface area (Å²) in [6.45, 7) is 0.305. The molecule has 0 aliphatic carbocycles. The molecule has 150 valence electrons. The second-order valence-electron chi connectivity index (χ2n) is 5.94. The van der Waals surface area contributed by atoms with Crippen LogP contribution >= 0.6 is 22.9 Å². The van der Waals surface area contributed by atoms with Crippen molar-refractivity contribution in [3.05, 3.63) is 69.7 Å². The Labute approximate surface area is 177 Å². The number of amides is 1. The van der Waals surface area contributed by atoms with Gasteiger partial charge >= 0.3 is 0 Å². The van der Waals surface area contributed by atoms with Crippen LogP contribution < -0.4 is 20.6 Å². The van der Waals surface area contributed by atoms with Crippen LogP contribution in [0.5, 0.6) is 11.5 Å². The summed E-state index contributed by atoms with van der Waals surface area (Å²) in [6.07, 6.45) is 1.60. The maximum atomic E-state index is 12.0. The highest BCUT2D eigenvalue weighted by atomic mass is 35.5. The molecule has 7 nitrogen and oxygen atoms in total. The van der Waals surface area contributed by atoms with Crippen LogP contribution in [0.25, 0.3) is 0 Å². The number of nitrogens with zero attached hydrogens (tertiary/aromatic N) is 2. The van der Waals surface area contributed by atoms with E-state index in [2.05, 4.69) is 15.5 Å². The Morgan fingerprint density at radius 3 is 2.90 bits per heavy atom. The molecule has 0 fully saturated rings. The minimum absolute atomic E-state index is 0.0985. The highest BCUT2D eigenvalue weighted by Crippen LogP contribution is 2.31. The number of carbonyl (C=O) groups excluding carboxylic acids is 1. The number of nitrogens with one attached hydrogen (secondary N) is 1. The molecular weight excluding hydrogens is 412 g/mol. The minimum atomic E-state index is -0.296. The third-order valence-electron chi connectivity index (χ3n) is 3.81. The van der Waals surface area contributed by atoms with Gasteiger partial charge in [-0.3, -0.25) is 4.79 Å². The summed E-state index contributed by atoms with van der Waals surface area (Å²) in [5, 5.41) is 6.81. The number of hydrogen-bond donors (Lipinski definition) is 2. The van der Waals surface area contributed by atoms with Crippen molar-refractivity contribution in [3.63, 3.8) is 0 Å². The van der Waals surface area contributed by atoms with Crippen LogP contribution in [0.1, 0.15) is 16.8 Å². The van der Waals surface area contributed by atoms with E-state index in [9.17, 15) is 4.79 Å². The Balaban J connectivity index is 1.67. The lowest BCUT2D eigenvalue weighted by molar-refractivity contribution is -0.120. The maximum absolute atomic E-state index is 12.0. The highest BCUT2D eigenvalue weighted by molar-refractivity contribution is 7.13. The molecule has 2 aromatic carbocycles. The largest absolute Gasteiger partial charge is 0.493 e. The average molecular weight is 431 g/mol. The van der Waals surface area contributed by atoms with Gasteiger partial charge in [0.2, 0.25) is 5.91 Å². The molecule has 0 atom stereocenters. The van der Waals surface area contributed by atoms with E-state index in [1.807, 2.05) is 30.3 Å². The molecule has 9 heteroatoms. The van der Waals surface area contributed by atoms with Gasteiger partial charge in [-0.25, -0.2) is 10.4 Å². The predicted molar refractivity (Wildman–Crippen MR) is 115 cm³/mol. The minimum Gasteiger partial charge on any atom is -0.493 e. The fraction of sp³-hybridized carbons (Fsp3) is 0.150. The van der Waals surface area contributed by atoms with Crippen molar-refractivity contribution in [1.29, 1.82) is 0 Å². The number of para-hydroxylation sites is 1. The third-order valence-corrected chi connectivity index (χ3v) is 4.76. The topological polar surface area (TPSA) is 98.8 Å². The lowest BCUT2D eigenvalue weighted by atomic mass is 10.2. The number of methoxy groups -OCH3 is 1. The molecule has 3 N–H and O–H groups in total. The Bertz CT molecular complexity index is 1020. The number of ether oxygens (including phenoxy) is 2. The summed E-state index contributed by atoms with van der Waals surface area (Å²) in [4.78, 5) is 16.0. The smallest absolute Gasteiger partial charge is 0.246 e. The molecule has 0 saturated carbocycles. The van der Waals surface area contributed by atoms with E-state index < -0.39 is 0 Å². The fourth-order valence-corrected chi connectivity index (χ4v) is 3.29. The number of carbonyl (C=O) groups is 1. The van der Waals surface area contributed by atoms with Crippen LogP contribution in [0.3, 0.4) is 0 Å². The predicted octanol–water partition coefficient (Wildman–Crippen LogP) is 3.66. The van der Waals surface area contributed by atoms with E-state index in [0.29, 0.717) is 39.5 Å². The zero-order chi connectivity index (χ0) is 20.6. The zero-order valence-corrected chi connectivity index (χ0v) is 17.2. The number of anilines is 1. The summed E-state index contributed by atoms with van der Waals surface area (Å²) in [6, 6.07) is 12.8. The van der Waals surface area contributed by atoms with Gasteiger partial charge in [0.25, 0.3) is 0 Å². The Kier molecular flexibility index (Phi) is 7.04. The van der Waals surface area contributed by atoms with E-state index in [0.717, 1.165) is 5.56 Å². The molecule has 0 aliphatic heterocycles. The van der Waals surface area contributed by atoms with Gasteiger partial charge < -0.3 is 15.2 Å². The van der Waals surface area contributed by atoms with E-state index >= 15 is 0 Å². The van der Waals surface area contributed by atoms with Gasteiger partial charge in [0.15, 0.2) is 16.6 Å². The first kappa shape index (κ1) is 20.6. The molecule has 0 aliphatic rings. The first-order valence-corrected chi connectivity index (χ1v) is 9.87. The number of halogens is 1. The summed E-state index contributed by atoms with van der Waals surface area (Å²) >= 11 is 7.31. The fourth-order valence-electron chi connectivity index (χ4n) is 2.51. The molecule has 0 bridgehead atoms. The van der Waals surface area contributed by atoms with Gasteiger partial charge in [0.05, 0.1) is 25.4 Å². The van der Waals surface area contributed by atoms with Gasteiger partial charge in [0.1, 0.15) is 6.61 Å². The zero-order valence-electron chi connectivity index (χ0n) is 15.6. The second-order valence-corrected chi connectivity index (χ2v) is 7.27. The number of thiazole rings is 1. The Morgan fingerprint density at radius 2 is 2.17 bits per heavy atom. The Morgan fingerprint density at radius 1 is 1.34 bits per heavy atom. The third kappa shape index (κ3) is 5.94. The van der Waals surface area contributed by atoms with Crippen molar-refractivity contribution in [2.75, 3.05) is 12.8 Å². The van der Waals surface area contributed by atoms with Crippen molar-refractivity contribution >= 4 is 40.2 Å². The first-order valence-electron chi connectivity index (χ1n) is 8.61. The molecule has 3 rings (SSSR count). The second kappa shape index (κ2) is 9.90. The molecule has 0 radical (unpaired) electrons. The van der Waals surface area contributed by atoms with Crippen LogP contribution in [-0.2, 0) is 17.8 Å². The molecule has 0 spiro atoms. The lowest BCUT2D eigenvalue weighted by Crippen LogP contribution is -2.20. The van der Waals surface area contributed by atoms with Gasteiger partial charge in [-0.1, -0.05) is 29.8 Å². The molecule has 0 unspecified atom stereocenters. The summed E-state index contributed by atoms with van der Waals surface area (Å²) in [5.41, 5.74) is 10.2. The molecule has 0 saturated heterocycles. The number of hydrogen-bond acceptors (Lipinski definition) is 7. The monoisotopic (exact) mass is 430 g/mol. The van der Waals surface area contributed by atoms with Gasteiger partial charge in [-0.05, 0) is 29.8 Å². The van der Waals surface area contributed by atoms with Crippen LogP contribution in [0.15, 0.2) is 52.9 Å². The van der Waals surface area contributed by atoms with Crippen LogP contribution in [0, 0.1) is 0 Å². The first-order chi connectivity index (χ1) is 14.0. The molecule has 3 aromatic rings. The molecule has 1 amide bonds. The van der Waals surface area contributed by atoms with E-state index in [1.54, 1.807) is 24.6 Å². The quantitative estimate of drug-likeness (QED) is 0.419. The summed E-state index contributed by atoms with van der Waals surface area (Å²) in [7, 11) is 1.56. The van der Waals surface area contributed by atoms with E-state index in [1.165, 1.54) is 17.6 Å². The number of nitrogens with two attached hydrogens (primary N) is 1. The number of hydrazone groups is 1. The van der Waals surface area contributed by atoms with Gasteiger partial charge in [-0.15, -0.1) is 11.3 Å². The van der Waals surface area contributed by atoms with Gasteiger partial charge in [-0.2, -0.15) is 5.10 Å². The van der Waals surface area contributed by atoms with Crippen molar-refractivity contribution in [1.82, 2.24) is 10.4 Å². The van der Waals surface area contributed by atoms with Crippen LogP contribution in [0.4, 0.5) is 5.13 Å². The van der Waals surface area contributed by atoms with E-state index in [-0.39, 0.29) is 12.3 Å². The summed E-state index contributed by atoms with van der Waals surface area (Å²) in [5.74, 6) is 0.774. The molecule has 29 heavy (non-hydrogen) atoms. The van der Waals surface area contributed by atoms with Crippen LogP contribution in [-0.4, -0.2) is 24.2 Å². The molecule has 1 heterocycles.